The fraction of sp³-hybridized carbons (Fsp3) is 0.600. The van der Waals surface area contributed by atoms with Gasteiger partial charge in [0, 0.05) is 44.2 Å². The molecule has 3 N–H and O–H groups in total. The lowest BCUT2D eigenvalue weighted by Crippen LogP contribution is -2.51. The van der Waals surface area contributed by atoms with Gasteiger partial charge < -0.3 is 25.4 Å². The molecule has 2 aromatic heterocycles. The minimum atomic E-state index is -1.15. The quantitative estimate of drug-likeness (QED) is 0.263. The first-order valence-corrected chi connectivity index (χ1v) is 14.5. The predicted molar refractivity (Wildman–Crippen MR) is 154 cm³/mol. The summed E-state index contributed by atoms with van der Waals surface area (Å²) in [6, 6.07) is 7.88. The third-order valence-electron chi connectivity index (χ3n) is 8.14. The Hall–Kier alpha value is -3.31. The summed E-state index contributed by atoms with van der Waals surface area (Å²) >= 11 is 0. The van der Waals surface area contributed by atoms with E-state index in [0.717, 1.165) is 50.2 Å². The molecule has 2 unspecified atom stereocenters. The zero-order valence-electron chi connectivity index (χ0n) is 24.0. The molecule has 2 aromatic rings. The van der Waals surface area contributed by atoms with E-state index in [4.69, 9.17) is 9.72 Å². The van der Waals surface area contributed by atoms with Crippen LogP contribution in [0.15, 0.2) is 35.1 Å². The van der Waals surface area contributed by atoms with Gasteiger partial charge >= 0.3 is 5.97 Å². The monoisotopic (exact) mass is 571 g/mol. The van der Waals surface area contributed by atoms with Crippen LogP contribution in [-0.2, 0) is 32.7 Å². The highest BCUT2D eigenvalue weighted by Crippen LogP contribution is 2.43. The molecule has 0 aromatic carbocycles. The summed E-state index contributed by atoms with van der Waals surface area (Å²) in [6.45, 7) is 3.35. The molecule has 11 heteroatoms. The van der Waals surface area contributed by atoms with E-state index in [1.54, 1.807) is 19.1 Å². The standard InChI is InChI=1S/C30H42FN5O5/c1-21-7-5-10-26(37)36(21)30(14-15-30)29(40)34-25(28(38)39)13-18-35(20-24(19-31)41-2)17-4-3-9-23-12-11-22-8-6-16-32-27(22)33-23/h5,7,10-12,24-25H,3-4,6,8-9,13-20H2,1-2H3,(H,32,33)(H,34,40)(H,38,39). The number of unbranched alkanes of at least 4 members (excludes halogenated alkanes) is 1. The third kappa shape index (κ3) is 7.71. The Kier molecular flexibility index (Phi) is 10.5. The summed E-state index contributed by atoms with van der Waals surface area (Å²) in [5, 5.41) is 15.9. The fourth-order valence-corrected chi connectivity index (χ4v) is 5.59. The van der Waals surface area contributed by atoms with Gasteiger partial charge in [0.05, 0.1) is 6.10 Å². The lowest BCUT2D eigenvalue weighted by molar-refractivity contribution is -0.143. The topological polar surface area (TPSA) is 126 Å². The van der Waals surface area contributed by atoms with Crippen LogP contribution in [0.4, 0.5) is 10.2 Å². The number of nitrogens with zero attached hydrogens (tertiary/aromatic N) is 3. The molecule has 224 valence electrons. The molecular formula is C30H42FN5O5. The van der Waals surface area contributed by atoms with Crippen molar-refractivity contribution in [2.75, 3.05) is 45.3 Å². The lowest BCUT2D eigenvalue weighted by atomic mass is 10.1. The van der Waals surface area contributed by atoms with Crippen LogP contribution >= 0.6 is 0 Å². The summed E-state index contributed by atoms with van der Waals surface area (Å²) in [4.78, 5) is 44.6. The minimum absolute atomic E-state index is 0.139. The number of carbonyl (C=O) groups excluding carboxylic acids is 1. The van der Waals surface area contributed by atoms with Crippen molar-refractivity contribution < 1.29 is 23.8 Å². The van der Waals surface area contributed by atoms with Gasteiger partial charge in [0.25, 0.3) is 5.56 Å². The van der Waals surface area contributed by atoms with E-state index >= 15 is 0 Å². The number of hydrogen-bond donors (Lipinski definition) is 3. The minimum Gasteiger partial charge on any atom is -0.480 e. The maximum Gasteiger partial charge on any atom is 0.326 e. The fourth-order valence-electron chi connectivity index (χ4n) is 5.59. The molecule has 1 amide bonds. The zero-order chi connectivity index (χ0) is 29.4. The number of methoxy groups -OCH3 is 1. The van der Waals surface area contributed by atoms with Gasteiger partial charge in [-0.3, -0.25) is 14.2 Å². The van der Waals surface area contributed by atoms with Crippen LogP contribution in [0, 0.1) is 6.92 Å². The van der Waals surface area contributed by atoms with Gasteiger partial charge in [-0.1, -0.05) is 12.1 Å². The molecule has 0 bridgehead atoms. The van der Waals surface area contributed by atoms with Crippen LogP contribution in [0.1, 0.15) is 55.5 Å². The Balaban J connectivity index is 1.34. The molecule has 2 atom stereocenters. The average molecular weight is 572 g/mol. The maximum absolute atomic E-state index is 13.5. The van der Waals surface area contributed by atoms with Crippen molar-refractivity contribution in [1.82, 2.24) is 19.8 Å². The van der Waals surface area contributed by atoms with Crippen molar-refractivity contribution in [3.05, 3.63) is 57.6 Å². The van der Waals surface area contributed by atoms with Crippen molar-refractivity contribution in [3.63, 3.8) is 0 Å². The Morgan fingerprint density at radius 3 is 2.73 bits per heavy atom. The van der Waals surface area contributed by atoms with Gasteiger partial charge in [0.15, 0.2) is 0 Å². The number of carboxylic acid groups (broad SMARTS) is 1. The lowest BCUT2D eigenvalue weighted by Gasteiger charge is -2.28. The first kappa shape index (κ1) is 30.6. The number of aromatic nitrogens is 2. The molecule has 10 nitrogen and oxygen atoms in total. The number of halogens is 1. The van der Waals surface area contributed by atoms with Crippen LogP contribution in [0.3, 0.4) is 0 Å². The molecule has 0 spiro atoms. The highest BCUT2D eigenvalue weighted by Gasteiger charge is 2.53. The van der Waals surface area contributed by atoms with Crippen molar-refractivity contribution in [2.45, 2.75) is 76.0 Å². The smallest absolute Gasteiger partial charge is 0.326 e. The van der Waals surface area contributed by atoms with Crippen LogP contribution in [-0.4, -0.2) is 83.5 Å². The Morgan fingerprint density at radius 1 is 1.24 bits per heavy atom. The van der Waals surface area contributed by atoms with Gasteiger partial charge in [-0.15, -0.1) is 0 Å². The molecular weight excluding hydrogens is 529 g/mol. The van der Waals surface area contributed by atoms with E-state index in [9.17, 15) is 23.9 Å². The third-order valence-corrected chi connectivity index (χ3v) is 8.14. The Labute approximate surface area is 240 Å². The highest BCUT2D eigenvalue weighted by molar-refractivity contribution is 5.91. The summed E-state index contributed by atoms with van der Waals surface area (Å²) in [7, 11) is 1.46. The molecule has 1 aliphatic carbocycles. The number of carbonyl (C=O) groups is 2. The van der Waals surface area contributed by atoms with Crippen LogP contribution < -0.4 is 16.2 Å². The number of hydrogen-bond acceptors (Lipinski definition) is 7. The average Bonchev–Trinajstić information content (AvgIpc) is 3.77. The molecule has 1 fully saturated rings. The number of fused-ring (bicyclic) bond motifs is 1. The largest absolute Gasteiger partial charge is 0.480 e. The van der Waals surface area contributed by atoms with Gasteiger partial charge in [0.2, 0.25) is 5.91 Å². The maximum atomic E-state index is 13.5. The van der Waals surface area contributed by atoms with E-state index < -0.39 is 36.2 Å². The van der Waals surface area contributed by atoms with Crippen LogP contribution in [0.5, 0.6) is 0 Å². The Bertz CT molecular complexity index is 1260. The number of aliphatic carboxylic acids is 1. The number of pyridine rings is 2. The molecule has 0 saturated heterocycles. The summed E-state index contributed by atoms with van der Waals surface area (Å²) in [5.41, 5.74) is 1.60. The predicted octanol–water partition coefficient (Wildman–Crippen LogP) is 2.67. The number of carboxylic acids is 1. The van der Waals surface area contributed by atoms with Crippen molar-refractivity contribution >= 4 is 17.7 Å². The molecule has 41 heavy (non-hydrogen) atoms. The van der Waals surface area contributed by atoms with Crippen LogP contribution in [0.2, 0.25) is 0 Å². The summed E-state index contributed by atoms with van der Waals surface area (Å²) < 4.78 is 20.2. The van der Waals surface area contributed by atoms with Gasteiger partial charge in [-0.2, -0.15) is 0 Å². The normalized spacial score (nSPS) is 16.9. The van der Waals surface area contributed by atoms with Crippen LogP contribution in [0.25, 0.3) is 0 Å². The number of aryl methyl sites for hydroxylation is 3. The van der Waals surface area contributed by atoms with E-state index in [1.165, 1.54) is 23.3 Å². The van der Waals surface area contributed by atoms with E-state index in [2.05, 4.69) is 22.8 Å². The second kappa shape index (κ2) is 14.0. The number of alkyl halides is 1. The number of rotatable bonds is 16. The summed E-state index contributed by atoms with van der Waals surface area (Å²) in [5.74, 6) is -0.631. The SMILES string of the molecule is COC(CF)CN(CCCCc1ccc2c(n1)NCCC2)CCC(NC(=O)C1(n2c(C)cccc2=O)CC1)C(=O)O. The van der Waals surface area contributed by atoms with Gasteiger partial charge in [-0.25, -0.2) is 14.2 Å². The zero-order valence-corrected chi connectivity index (χ0v) is 24.0. The number of anilines is 1. The molecule has 4 rings (SSSR count). The molecule has 1 aliphatic heterocycles. The van der Waals surface area contributed by atoms with Gasteiger partial charge in [0.1, 0.15) is 24.1 Å². The van der Waals surface area contributed by atoms with Crippen molar-refractivity contribution in [3.8, 4) is 0 Å². The Morgan fingerprint density at radius 2 is 2.05 bits per heavy atom. The van der Waals surface area contributed by atoms with E-state index in [1.807, 2.05) is 4.90 Å². The molecule has 2 aliphatic rings. The molecule has 0 radical (unpaired) electrons. The highest BCUT2D eigenvalue weighted by atomic mass is 19.1. The second-order valence-corrected chi connectivity index (χ2v) is 11.1. The second-order valence-electron chi connectivity index (χ2n) is 11.1. The van der Waals surface area contributed by atoms with Gasteiger partial charge in [-0.05, 0) is 82.5 Å². The first-order chi connectivity index (χ1) is 19.8. The number of amides is 1. The molecule has 3 heterocycles. The van der Waals surface area contributed by atoms with Crippen molar-refractivity contribution in [2.24, 2.45) is 0 Å². The van der Waals surface area contributed by atoms with Crippen molar-refractivity contribution in [1.29, 1.82) is 0 Å². The van der Waals surface area contributed by atoms with E-state index in [-0.39, 0.29) is 12.0 Å². The summed E-state index contributed by atoms with van der Waals surface area (Å²) in [6.07, 6.45) is 5.14. The number of nitrogens with one attached hydrogen (secondary N) is 2. The number of ether oxygens (including phenoxy) is 1. The van der Waals surface area contributed by atoms with E-state index in [0.29, 0.717) is 38.2 Å². The molecule has 1 saturated carbocycles. The first-order valence-electron chi connectivity index (χ1n) is 14.5.